The summed E-state index contributed by atoms with van der Waals surface area (Å²) < 4.78 is 4.63. The van der Waals surface area contributed by atoms with E-state index in [0.717, 1.165) is 25.1 Å². The van der Waals surface area contributed by atoms with Crippen LogP contribution in [0, 0.1) is 6.92 Å². The molecule has 0 atom stereocenters. The predicted octanol–water partition coefficient (Wildman–Crippen LogP) is 2.33. The summed E-state index contributed by atoms with van der Waals surface area (Å²) >= 11 is 0. The van der Waals surface area contributed by atoms with Crippen LogP contribution in [0.2, 0.25) is 0 Å². The van der Waals surface area contributed by atoms with Gasteiger partial charge in [0.2, 0.25) is 0 Å². The number of carbonyl (C=O) groups is 1. The zero-order chi connectivity index (χ0) is 13.8. The maximum atomic E-state index is 11.2. The number of nitrogens with one attached hydrogen (secondary N) is 1. The fourth-order valence-electron chi connectivity index (χ4n) is 2.44. The van der Waals surface area contributed by atoms with Crippen LogP contribution in [0.15, 0.2) is 30.0 Å². The second-order valence-electron chi connectivity index (χ2n) is 4.80. The number of esters is 1. The number of hydrogen-bond acceptors (Lipinski definition) is 4. The molecule has 0 amide bonds. The highest BCUT2D eigenvalue weighted by atomic mass is 16.5. The molecule has 0 aliphatic carbocycles. The van der Waals surface area contributed by atoms with E-state index >= 15 is 0 Å². The Labute approximate surface area is 114 Å². The monoisotopic (exact) mass is 260 g/mol. The van der Waals surface area contributed by atoms with Crippen molar-refractivity contribution in [3.8, 4) is 0 Å². The number of aryl methyl sites for hydroxylation is 2. The van der Waals surface area contributed by atoms with Gasteiger partial charge in [-0.1, -0.05) is 18.2 Å². The molecule has 4 nitrogen and oxygen atoms in total. The minimum atomic E-state index is -0.341. The van der Waals surface area contributed by atoms with Gasteiger partial charge in [-0.15, -0.1) is 0 Å². The highest BCUT2D eigenvalue weighted by Gasteiger charge is 2.18. The number of para-hydroxylation sites is 1. The molecule has 0 bridgehead atoms. The van der Waals surface area contributed by atoms with Crippen LogP contribution in [-0.4, -0.2) is 19.6 Å². The molecule has 0 fully saturated rings. The molecule has 1 aliphatic rings. The normalized spacial score (nSPS) is 14.9. The van der Waals surface area contributed by atoms with Gasteiger partial charge < -0.3 is 10.2 Å². The highest BCUT2D eigenvalue weighted by molar-refractivity contribution is 5.82. The molecule has 4 heteroatoms. The first-order chi connectivity index (χ1) is 9.11. The zero-order valence-electron chi connectivity index (χ0n) is 11.7. The fourth-order valence-corrected chi connectivity index (χ4v) is 2.44. The van der Waals surface area contributed by atoms with Gasteiger partial charge in [-0.2, -0.15) is 0 Å². The fraction of sp³-hybridized carbons (Fsp3) is 0.400. The number of nitrogens with zero attached hydrogens (tertiary/aromatic N) is 1. The summed E-state index contributed by atoms with van der Waals surface area (Å²) in [4.78, 5) is 11.2. The lowest BCUT2D eigenvalue weighted by atomic mass is 9.99. The van der Waals surface area contributed by atoms with Crippen LogP contribution < -0.4 is 10.4 Å². The number of hydrazine groups is 1. The van der Waals surface area contributed by atoms with Gasteiger partial charge in [-0.05, 0) is 37.8 Å². The molecule has 0 radical (unpaired) electrons. The second kappa shape index (κ2) is 5.78. The maximum Gasteiger partial charge on any atom is 0.332 e. The van der Waals surface area contributed by atoms with Crippen LogP contribution in [0.1, 0.15) is 24.5 Å². The summed E-state index contributed by atoms with van der Waals surface area (Å²) in [7, 11) is 1.38. The third-order valence-electron chi connectivity index (χ3n) is 3.27. The number of rotatable bonds is 3. The molecule has 0 saturated carbocycles. The first-order valence-corrected chi connectivity index (χ1v) is 6.50. The first kappa shape index (κ1) is 13.5. The van der Waals surface area contributed by atoms with Gasteiger partial charge >= 0.3 is 5.97 Å². The smallest absolute Gasteiger partial charge is 0.332 e. The van der Waals surface area contributed by atoms with Crippen molar-refractivity contribution in [3.05, 3.63) is 41.1 Å². The largest absolute Gasteiger partial charge is 0.466 e. The van der Waals surface area contributed by atoms with Crippen LogP contribution in [0.25, 0.3) is 0 Å². The molecule has 0 saturated heterocycles. The van der Waals surface area contributed by atoms with E-state index in [9.17, 15) is 4.79 Å². The van der Waals surface area contributed by atoms with Crippen molar-refractivity contribution < 1.29 is 9.53 Å². The summed E-state index contributed by atoms with van der Waals surface area (Å²) in [6, 6.07) is 6.36. The van der Waals surface area contributed by atoms with Gasteiger partial charge in [-0.25, -0.2) is 4.79 Å². The van der Waals surface area contributed by atoms with E-state index in [1.165, 1.54) is 30.0 Å². The number of ether oxygens (including phenoxy) is 1. The topological polar surface area (TPSA) is 41.6 Å². The van der Waals surface area contributed by atoms with Crippen molar-refractivity contribution in [2.75, 3.05) is 18.7 Å². The summed E-state index contributed by atoms with van der Waals surface area (Å²) in [5.41, 5.74) is 7.88. The molecule has 102 valence electrons. The van der Waals surface area contributed by atoms with E-state index < -0.39 is 0 Å². The average Bonchev–Trinajstić information content (AvgIpc) is 2.38. The molecular weight excluding hydrogens is 240 g/mol. The number of anilines is 1. The Morgan fingerprint density at radius 2 is 2.26 bits per heavy atom. The molecule has 19 heavy (non-hydrogen) atoms. The molecule has 1 aliphatic heterocycles. The number of allylic oxidation sites excluding steroid dienone is 1. The van der Waals surface area contributed by atoms with Crippen LogP contribution >= 0.6 is 0 Å². The van der Waals surface area contributed by atoms with Crippen molar-refractivity contribution in [1.82, 2.24) is 5.43 Å². The van der Waals surface area contributed by atoms with Gasteiger partial charge in [0.25, 0.3) is 0 Å². The molecule has 1 N–H and O–H groups in total. The molecule has 1 aromatic carbocycles. The molecular formula is C15H20N2O2. The van der Waals surface area contributed by atoms with E-state index in [-0.39, 0.29) is 5.97 Å². The van der Waals surface area contributed by atoms with Crippen LogP contribution in [0.5, 0.6) is 0 Å². The Kier molecular flexibility index (Phi) is 4.10. The second-order valence-corrected chi connectivity index (χ2v) is 4.80. The third kappa shape index (κ3) is 3.08. The molecule has 0 aromatic heterocycles. The Bertz CT molecular complexity index is 509. The number of benzene rings is 1. The van der Waals surface area contributed by atoms with Crippen molar-refractivity contribution >= 4 is 11.7 Å². The number of carbonyl (C=O) groups excluding carboxylic acids is 1. The average molecular weight is 260 g/mol. The Morgan fingerprint density at radius 1 is 1.47 bits per heavy atom. The zero-order valence-corrected chi connectivity index (χ0v) is 11.7. The third-order valence-corrected chi connectivity index (χ3v) is 3.27. The molecule has 0 unspecified atom stereocenters. The SMILES string of the molecule is COC(=O)/C=C(\C)NN1CCCc2cccc(C)c21. The van der Waals surface area contributed by atoms with Crippen molar-refractivity contribution in [2.24, 2.45) is 0 Å². The Hall–Kier alpha value is -1.97. The molecule has 1 aromatic rings. The van der Waals surface area contributed by atoms with Crippen molar-refractivity contribution in [1.29, 1.82) is 0 Å². The lowest BCUT2D eigenvalue weighted by Gasteiger charge is -2.33. The number of hydrogen-bond donors (Lipinski definition) is 1. The van der Waals surface area contributed by atoms with Crippen LogP contribution in [0.3, 0.4) is 0 Å². The summed E-state index contributed by atoms with van der Waals surface area (Å²) in [5.74, 6) is -0.341. The van der Waals surface area contributed by atoms with Gasteiger partial charge in [0.15, 0.2) is 0 Å². The highest BCUT2D eigenvalue weighted by Crippen LogP contribution is 2.29. The quantitative estimate of drug-likeness (QED) is 0.669. The van der Waals surface area contributed by atoms with E-state index in [2.05, 4.69) is 40.3 Å². The predicted molar refractivity (Wildman–Crippen MR) is 75.8 cm³/mol. The summed E-state index contributed by atoms with van der Waals surface area (Å²) in [6.07, 6.45) is 3.68. The Morgan fingerprint density at radius 3 is 3.00 bits per heavy atom. The van der Waals surface area contributed by atoms with Gasteiger partial charge in [-0.3, -0.25) is 5.01 Å². The van der Waals surface area contributed by atoms with Gasteiger partial charge in [0.05, 0.1) is 12.8 Å². The Balaban J connectivity index is 2.20. The van der Waals surface area contributed by atoms with E-state index in [4.69, 9.17) is 0 Å². The van der Waals surface area contributed by atoms with Crippen LogP contribution in [-0.2, 0) is 16.0 Å². The lowest BCUT2D eigenvalue weighted by molar-refractivity contribution is -0.134. The number of fused-ring (bicyclic) bond motifs is 1. The molecule has 2 rings (SSSR count). The number of methoxy groups -OCH3 is 1. The summed E-state index contributed by atoms with van der Waals surface area (Å²) in [5, 5.41) is 2.11. The van der Waals surface area contributed by atoms with E-state index in [1.54, 1.807) is 0 Å². The van der Waals surface area contributed by atoms with Gasteiger partial charge in [0, 0.05) is 18.3 Å². The summed E-state index contributed by atoms with van der Waals surface area (Å²) in [6.45, 7) is 4.91. The lowest BCUT2D eigenvalue weighted by Crippen LogP contribution is -2.41. The van der Waals surface area contributed by atoms with Gasteiger partial charge in [0.1, 0.15) is 0 Å². The first-order valence-electron chi connectivity index (χ1n) is 6.50. The van der Waals surface area contributed by atoms with Crippen LogP contribution in [0.4, 0.5) is 5.69 Å². The van der Waals surface area contributed by atoms with E-state index in [1.807, 2.05) is 6.92 Å². The molecule has 1 heterocycles. The minimum absolute atomic E-state index is 0.341. The molecule has 0 spiro atoms. The van der Waals surface area contributed by atoms with E-state index in [0.29, 0.717) is 0 Å². The minimum Gasteiger partial charge on any atom is -0.466 e. The van der Waals surface area contributed by atoms with Crippen molar-refractivity contribution in [2.45, 2.75) is 26.7 Å². The standard InChI is InChI=1S/C15H20N2O2/c1-11-6-4-7-13-8-5-9-17(15(11)13)16-12(2)10-14(18)19-3/h4,6-7,10,16H,5,8-9H2,1-3H3/b12-10+. The maximum absolute atomic E-state index is 11.2. The van der Waals surface area contributed by atoms with Crippen molar-refractivity contribution in [3.63, 3.8) is 0 Å².